The molecule has 0 unspecified atom stereocenters. The monoisotopic (exact) mass is 425 g/mol. The highest BCUT2D eigenvalue weighted by Gasteiger charge is 2.38. The van der Waals surface area contributed by atoms with E-state index in [2.05, 4.69) is 41.7 Å². The molecular weight excluding hydrogens is 402 g/mol. The standard InChI is InChI=1S/C27H23NO4/c1-31-27(30)21-10-5-6-13-24(21)32-26(29)18-14-15-23-22(16-18)19-11-7-12-20(19)25(28-23)17-8-3-2-4-9-17/h2-11,13-16,19-20,25,28H,12H2,1H3/t19-,20-,25-/m0/s1. The molecule has 2 aliphatic rings. The summed E-state index contributed by atoms with van der Waals surface area (Å²) in [5.41, 5.74) is 4.04. The Kier molecular flexibility index (Phi) is 5.23. The van der Waals surface area contributed by atoms with E-state index >= 15 is 0 Å². The van der Waals surface area contributed by atoms with E-state index in [9.17, 15) is 9.59 Å². The average Bonchev–Trinajstić information content (AvgIpc) is 3.34. The van der Waals surface area contributed by atoms with Gasteiger partial charge in [0, 0.05) is 11.6 Å². The minimum Gasteiger partial charge on any atom is -0.465 e. The molecule has 0 fully saturated rings. The van der Waals surface area contributed by atoms with Crippen molar-refractivity contribution < 1.29 is 19.1 Å². The molecule has 5 heteroatoms. The van der Waals surface area contributed by atoms with Crippen molar-refractivity contribution in [1.82, 2.24) is 0 Å². The maximum atomic E-state index is 12.9. The number of para-hydroxylation sites is 1. The summed E-state index contributed by atoms with van der Waals surface area (Å²) in [6.45, 7) is 0. The van der Waals surface area contributed by atoms with Crippen LogP contribution in [0.1, 0.15) is 50.2 Å². The van der Waals surface area contributed by atoms with Crippen LogP contribution in [-0.2, 0) is 4.74 Å². The van der Waals surface area contributed by atoms with Gasteiger partial charge in [0.05, 0.1) is 18.7 Å². The van der Waals surface area contributed by atoms with Gasteiger partial charge in [0.2, 0.25) is 0 Å². The van der Waals surface area contributed by atoms with Crippen LogP contribution in [0.4, 0.5) is 5.69 Å². The number of esters is 2. The Balaban J connectivity index is 1.44. The quantitative estimate of drug-likeness (QED) is 0.339. The third-order valence-electron chi connectivity index (χ3n) is 6.25. The molecule has 0 radical (unpaired) electrons. The second-order valence-corrected chi connectivity index (χ2v) is 8.07. The van der Waals surface area contributed by atoms with Gasteiger partial charge in [-0.2, -0.15) is 0 Å². The van der Waals surface area contributed by atoms with Gasteiger partial charge in [-0.3, -0.25) is 0 Å². The van der Waals surface area contributed by atoms with Crippen molar-refractivity contribution in [2.75, 3.05) is 12.4 Å². The van der Waals surface area contributed by atoms with Crippen molar-refractivity contribution in [3.05, 3.63) is 107 Å². The van der Waals surface area contributed by atoms with Gasteiger partial charge in [-0.05, 0) is 53.8 Å². The molecule has 3 aromatic carbocycles. The second kappa shape index (κ2) is 8.35. The zero-order chi connectivity index (χ0) is 22.1. The third kappa shape index (κ3) is 3.56. The fourth-order valence-electron chi connectivity index (χ4n) is 4.70. The molecular formula is C27H23NO4. The van der Waals surface area contributed by atoms with E-state index in [1.54, 1.807) is 30.3 Å². The smallest absolute Gasteiger partial charge is 0.343 e. The number of carbonyl (C=O) groups is 2. The number of benzene rings is 3. The Hall–Kier alpha value is -3.86. The number of nitrogens with one attached hydrogen (secondary N) is 1. The van der Waals surface area contributed by atoms with E-state index in [1.165, 1.54) is 12.7 Å². The molecule has 1 aliphatic heterocycles. The molecule has 0 spiro atoms. The SMILES string of the molecule is COC(=O)c1ccccc1OC(=O)c1ccc2c(c1)[C@H]1C=CC[C@@H]1[C@H](c1ccccc1)N2. The van der Waals surface area contributed by atoms with Crippen LogP contribution >= 0.6 is 0 Å². The van der Waals surface area contributed by atoms with E-state index in [0.29, 0.717) is 11.5 Å². The first-order valence-corrected chi connectivity index (χ1v) is 10.7. The lowest BCUT2D eigenvalue weighted by Gasteiger charge is -2.37. The lowest BCUT2D eigenvalue weighted by atomic mass is 9.76. The van der Waals surface area contributed by atoms with Gasteiger partial charge in [-0.1, -0.05) is 54.6 Å². The Morgan fingerprint density at radius 3 is 2.53 bits per heavy atom. The molecule has 1 heterocycles. The van der Waals surface area contributed by atoms with E-state index in [-0.39, 0.29) is 23.3 Å². The number of hydrogen-bond donors (Lipinski definition) is 1. The Labute approximate surface area is 186 Å². The Morgan fingerprint density at radius 1 is 0.938 bits per heavy atom. The fraction of sp³-hybridized carbons (Fsp3) is 0.185. The van der Waals surface area contributed by atoms with E-state index < -0.39 is 11.9 Å². The van der Waals surface area contributed by atoms with Crippen LogP contribution in [0.25, 0.3) is 0 Å². The zero-order valence-electron chi connectivity index (χ0n) is 17.7. The summed E-state index contributed by atoms with van der Waals surface area (Å²) >= 11 is 0. The molecule has 0 amide bonds. The summed E-state index contributed by atoms with van der Waals surface area (Å²) in [7, 11) is 1.30. The molecule has 5 rings (SSSR count). The summed E-state index contributed by atoms with van der Waals surface area (Å²) in [5.74, 6) is -0.257. The van der Waals surface area contributed by atoms with Gasteiger partial charge in [0.15, 0.2) is 0 Å². The first kappa shape index (κ1) is 20.1. The molecule has 1 N–H and O–H groups in total. The van der Waals surface area contributed by atoms with Crippen molar-refractivity contribution in [3.63, 3.8) is 0 Å². The number of rotatable bonds is 4. The van der Waals surface area contributed by atoms with Gasteiger partial charge < -0.3 is 14.8 Å². The number of hydrogen-bond acceptors (Lipinski definition) is 5. The topological polar surface area (TPSA) is 64.6 Å². The minimum absolute atomic E-state index is 0.183. The van der Waals surface area contributed by atoms with Gasteiger partial charge >= 0.3 is 11.9 Å². The van der Waals surface area contributed by atoms with Crippen molar-refractivity contribution in [3.8, 4) is 5.75 Å². The lowest BCUT2D eigenvalue weighted by molar-refractivity contribution is 0.0593. The van der Waals surface area contributed by atoms with Crippen LogP contribution in [0.3, 0.4) is 0 Å². The number of carbonyl (C=O) groups excluding carboxylic acids is 2. The van der Waals surface area contributed by atoms with E-state index in [4.69, 9.17) is 9.47 Å². The molecule has 32 heavy (non-hydrogen) atoms. The zero-order valence-corrected chi connectivity index (χ0v) is 17.7. The fourth-order valence-corrected chi connectivity index (χ4v) is 4.70. The van der Waals surface area contributed by atoms with Crippen molar-refractivity contribution in [1.29, 1.82) is 0 Å². The van der Waals surface area contributed by atoms with Crippen molar-refractivity contribution >= 4 is 17.6 Å². The van der Waals surface area contributed by atoms with Crippen LogP contribution in [0.15, 0.2) is 84.9 Å². The predicted molar refractivity (Wildman–Crippen MR) is 122 cm³/mol. The molecule has 3 aromatic rings. The van der Waals surface area contributed by atoms with Crippen LogP contribution < -0.4 is 10.1 Å². The number of fused-ring (bicyclic) bond motifs is 3. The number of anilines is 1. The normalized spacial score (nSPS) is 20.6. The molecule has 1 aliphatic carbocycles. The number of methoxy groups -OCH3 is 1. The maximum Gasteiger partial charge on any atom is 0.343 e. The first-order valence-electron chi connectivity index (χ1n) is 10.7. The maximum absolute atomic E-state index is 12.9. The lowest BCUT2D eigenvalue weighted by Crippen LogP contribution is -2.29. The van der Waals surface area contributed by atoms with Gasteiger partial charge in [0.25, 0.3) is 0 Å². The minimum atomic E-state index is -0.547. The van der Waals surface area contributed by atoms with E-state index in [1.807, 2.05) is 18.2 Å². The highest BCUT2D eigenvalue weighted by Crippen LogP contribution is 2.49. The van der Waals surface area contributed by atoms with Crippen LogP contribution in [0.2, 0.25) is 0 Å². The predicted octanol–water partition coefficient (Wildman–Crippen LogP) is 5.52. The highest BCUT2D eigenvalue weighted by atomic mass is 16.5. The summed E-state index contributed by atoms with van der Waals surface area (Å²) < 4.78 is 10.4. The number of allylic oxidation sites excluding steroid dienone is 2. The second-order valence-electron chi connectivity index (χ2n) is 8.07. The summed E-state index contributed by atoms with van der Waals surface area (Å²) in [6.07, 6.45) is 5.44. The molecule has 0 saturated carbocycles. The van der Waals surface area contributed by atoms with Gasteiger partial charge in [0.1, 0.15) is 11.3 Å². The van der Waals surface area contributed by atoms with Gasteiger partial charge in [-0.15, -0.1) is 0 Å². The van der Waals surface area contributed by atoms with Crippen LogP contribution in [-0.4, -0.2) is 19.0 Å². The van der Waals surface area contributed by atoms with Crippen molar-refractivity contribution in [2.24, 2.45) is 5.92 Å². The number of ether oxygens (including phenoxy) is 2. The van der Waals surface area contributed by atoms with Crippen LogP contribution in [0.5, 0.6) is 5.75 Å². The average molecular weight is 425 g/mol. The molecule has 5 nitrogen and oxygen atoms in total. The summed E-state index contributed by atoms with van der Waals surface area (Å²) in [4.78, 5) is 24.9. The largest absolute Gasteiger partial charge is 0.465 e. The molecule has 160 valence electrons. The Morgan fingerprint density at radius 2 is 1.72 bits per heavy atom. The molecule has 0 saturated heterocycles. The Bertz CT molecular complexity index is 1200. The molecule has 3 atom stereocenters. The summed E-state index contributed by atoms with van der Waals surface area (Å²) in [5, 5.41) is 3.68. The first-order chi connectivity index (χ1) is 15.7. The van der Waals surface area contributed by atoms with Crippen molar-refractivity contribution in [2.45, 2.75) is 18.4 Å². The van der Waals surface area contributed by atoms with Crippen LogP contribution in [0, 0.1) is 5.92 Å². The molecule has 0 aromatic heterocycles. The molecule has 0 bridgehead atoms. The highest BCUT2D eigenvalue weighted by molar-refractivity contribution is 5.96. The van der Waals surface area contributed by atoms with Gasteiger partial charge in [-0.25, -0.2) is 9.59 Å². The third-order valence-corrected chi connectivity index (χ3v) is 6.25. The summed E-state index contributed by atoms with van der Waals surface area (Å²) in [6, 6.07) is 22.9. The van der Waals surface area contributed by atoms with E-state index in [0.717, 1.165) is 17.7 Å².